The Bertz CT molecular complexity index is 1260. The van der Waals surface area contributed by atoms with E-state index >= 15 is 0 Å². The van der Waals surface area contributed by atoms with E-state index < -0.39 is 33.8 Å². The monoisotopic (exact) mass is 467 g/mol. The fourth-order valence-electron chi connectivity index (χ4n) is 2.73. The summed E-state index contributed by atoms with van der Waals surface area (Å²) in [6.07, 6.45) is 5.27. The maximum Gasteiger partial charge on any atom is 0.288 e. The first-order valence-electron chi connectivity index (χ1n) is 8.96. The summed E-state index contributed by atoms with van der Waals surface area (Å²) in [4.78, 5) is 20.9. The van der Waals surface area contributed by atoms with Gasteiger partial charge in [-0.05, 0) is 13.0 Å². The minimum atomic E-state index is -3.32. The molecule has 0 fully saturated rings. The van der Waals surface area contributed by atoms with Crippen LogP contribution < -0.4 is 10.6 Å². The van der Waals surface area contributed by atoms with Crippen LogP contribution in [-0.2, 0) is 9.84 Å². The molecule has 0 spiro atoms. The van der Waals surface area contributed by atoms with Gasteiger partial charge in [0.25, 0.3) is 5.91 Å². The summed E-state index contributed by atoms with van der Waals surface area (Å²) in [6.45, 7) is 1.61. The average molecular weight is 468 g/mol. The predicted molar refractivity (Wildman–Crippen MR) is 114 cm³/mol. The van der Waals surface area contributed by atoms with Crippen LogP contribution in [0.5, 0.6) is 0 Å². The lowest BCUT2D eigenvalue weighted by Crippen LogP contribution is -2.33. The fraction of sp³-hybridized carbons (Fsp3) is 0.211. The summed E-state index contributed by atoms with van der Waals surface area (Å²) in [5.41, 5.74) is 0.685. The van der Waals surface area contributed by atoms with Crippen molar-refractivity contribution in [3.8, 4) is 0 Å². The van der Waals surface area contributed by atoms with E-state index in [9.17, 15) is 22.7 Å². The molecule has 1 amide bonds. The van der Waals surface area contributed by atoms with Gasteiger partial charge >= 0.3 is 0 Å². The van der Waals surface area contributed by atoms with E-state index in [-0.39, 0.29) is 27.7 Å². The number of carbonyl (C=O) groups is 1. The maximum absolute atomic E-state index is 13.7. The van der Waals surface area contributed by atoms with Crippen LogP contribution in [0.25, 0.3) is 5.65 Å². The van der Waals surface area contributed by atoms with Crippen molar-refractivity contribution >= 4 is 38.7 Å². The SMILES string of the molecule is C[C@H](/C=C/S(C)(=O)=O)NC(=O)c1ncc(N[C@@H](O)c2cccc(F)c2Cl)c2nccn12. The fourth-order valence-corrected chi connectivity index (χ4v) is 3.48. The third kappa shape index (κ3) is 5.37. The number of nitrogens with zero attached hydrogens (tertiary/aromatic N) is 3. The zero-order valence-corrected chi connectivity index (χ0v) is 18.0. The first kappa shape index (κ1) is 22.7. The third-order valence-electron chi connectivity index (χ3n) is 4.17. The minimum Gasteiger partial charge on any atom is -0.369 e. The van der Waals surface area contributed by atoms with E-state index in [0.29, 0.717) is 0 Å². The summed E-state index contributed by atoms with van der Waals surface area (Å²) in [5.74, 6) is -1.24. The zero-order valence-electron chi connectivity index (χ0n) is 16.5. The first-order valence-corrected chi connectivity index (χ1v) is 11.3. The number of anilines is 1. The molecule has 0 saturated carbocycles. The molecule has 0 saturated heterocycles. The summed E-state index contributed by atoms with van der Waals surface area (Å²) in [5, 5.41) is 16.6. The summed E-state index contributed by atoms with van der Waals surface area (Å²) in [6, 6.07) is 3.48. The third-order valence-corrected chi connectivity index (χ3v) is 5.22. The smallest absolute Gasteiger partial charge is 0.288 e. The van der Waals surface area contributed by atoms with Gasteiger partial charge in [0.1, 0.15) is 5.82 Å². The molecular weight excluding hydrogens is 449 g/mol. The molecule has 1 aromatic carbocycles. The van der Waals surface area contributed by atoms with Gasteiger partial charge in [-0.3, -0.25) is 9.20 Å². The van der Waals surface area contributed by atoms with E-state index in [1.807, 2.05) is 0 Å². The Balaban J connectivity index is 1.84. The molecular formula is C19H19ClFN5O4S. The van der Waals surface area contributed by atoms with Crippen molar-refractivity contribution in [2.24, 2.45) is 0 Å². The molecule has 3 rings (SSSR count). The number of rotatable bonds is 7. The van der Waals surface area contributed by atoms with Crippen molar-refractivity contribution in [2.75, 3.05) is 11.6 Å². The molecule has 164 valence electrons. The van der Waals surface area contributed by atoms with Crippen molar-refractivity contribution in [2.45, 2.75) is 19.2 Å². The topological polar surface area (TPSA) is 126 Å². The first-order chi connectivity index (χ1) is 14.6. The van der Waals surface area contributed by atoms with Gasteiger partial charge in [0, 0.05) is 35.7 Å². The maximum atomic E-state index is 13.7. The Kier molecular flexibility index (Phi) is 6.58. The summed E-state index contributed by atoms with van der Waals surface area (Å²) in [7, 11) is -3.32. The molecule has 3 N–H and O–H groups in total. The van der Waals surface area contributed by atoms with Gasteiger partial charge in [0.15, 0.2) is 21.7 Å². The Labute approximate surface area is 182 Å². The molecule has 2 aromatic heterocycles. The number of nitrogens with one attached hydrogen (secondary N) is 2. The molecule has 0 aliphatic heterocycles. The minimum absolute atomic E-state index is 0.00377. The zero-order chi connectivity index (χ0) is 22.8. The van der Waals surface area contributed by atoms with Crippen molar-refractivity contribution in [1.82, 2.24) is 19.7 Å². The number of hydrogen-bond acceptors (Lipinski definition) is 7. The standard InChI is InChI=1S/C19H19ClFN5O4S/c1-11(6-9-31(2,29)30)24-19(28)17-23-10-14(16-22-7-8-26(16)17)25-18(27)12-4-3-5-13(21)15(12)20/h3-11,18,25,27H,1-2H3,(H,24,28)/b9-6+/t11-,18+/m1/s1. The van der Waals surface area contributed by atoms with Gasteiger partial charge in [-0.15, -0.1) is 0 Å². The highest BCUT2D eigenvalue weighted by Crippen LogP contribution is 2.27. The van der Waals surface area contributed by atoms with Crippen LogP contribution in [0.15, 0.2) is 48.3 Å². The highest BCUT2D eigenvalue weighted by atomic mass is 35.5. The Morgan fingerprint density at radius 1 is 1.35 bits per heavy atom. The lowest BCUT2D eigenvalue weighted by atomic mass is 10.2. The highest BCUT2D eigenvalue weighted by Gasteiger charge is 2.19. The average Bonchev–Trinajstić information content (AvgIpc) is 3.18. The van der Waals surface area contributed by atoms with Gasteiger partial charge < -0.3 is 15.7 Å². The largest absolute Gasteiger partial charge is 0.369 e. The lowest BCUT2D eigenvalue weighted by molar-refractivity contribution is 0.0935. The number of carbonyl (C=O) groups excluding carboxylic acids is 1. The van der Waals surface area contributed by atoms with Gasteiger partial charge in [-0.1, -0.05) is 29.8 Å². The van der Waals surface area contributed by atoms with Crippen LogP contribution in [0.1, 0.15) is 29.3 Å². The van der Waals surface area contributed by atoms with Crippen molar-refractivity contribution in [1.29, 1.82) is 0 Å². The van der Waals surface area contributed by atoms with Gasteiger partial charge in [-0.2, -0.15) is 0 Å². The molecule has 0 aliphatic rings. The van der Waals surface area contributed by atoms with Crippen molar-refractivity contribution in [3.05, 3.63) is 70.5 Å². The second-order valence-corrected chi connectivity index (χ2v) is 9.04. The molecule has 0 unspecified atom stereocenters. The number of imidazole rings is 1. The Morgan fingerprint density at radius 3 is 2.81 bits per heavy atom. The lowest BCUT2D eigenvalue weighted by Gasteiger charge is -2.17. The number of amides is 1. The number of aliphatic hydroxyl groups is 1. The van der Waals surface area contributed by atoms with Crippen LogP contribution in [0, 0.1) is 5.82 Å². The second kappa shape index (κ2) is 9.00. The quantitative estimate of drug-likeness (QED) is 0.455. The van der Waals surface area contributed by atoms with E-state index in [0.717, 1.165) is 11.7 Å². The van der Waals surface area contributed by atoms with Gasteiger partial charge in [0.05, 0.1) is 16.9 Å². The van der Waals surface area contributed by atoms with E-state index in [4.69, 9.17) is 11.6 Å². The summed E-state index contributed by atoms with van der Waals surface area (Å²) >= 11 is 5.91. The number of fused-ring (bicyclic) bond motifs is 1. The highest BCUT2D eigenvalue weighted by molar-refractivity contribution is 7.93. The number of hydrogen-bond donors (Lipinski definition) is 3. The normalized spacial score (nSPS) is 14.0. The molecule has 31 heavy (non-hydrogen) atoms. The number of sulfone groups is 1. The van der Waals surface area contributed by atoms with Crippen molar-refractivity contribution < 1.29 is 22.7 Å². The second-order valence-electron chi connectivity index (χ2n) is 6.73. The van der Waals surface area contributed by atoms with Crippen LogP contribution in [0.3, 0.4) is 0 Å². The van der Waals surface area contributed by atoms with Crippen molar-refractivity contribution in [3.63, 3.8) is 0 Å². The molecule has 2 heterocycles. The number of halogens is 2. The molecule has 9 nitrogen and oxygen atoms in total. The predicted octanol–water partition coefficient (Wildman–Crippen LogP) is 2.30. The molecule has 12 heteroatoms. The molecule has 3 aromatic rings. The molecule has 0 radical (unpaired) electrons. The molecule has 0 aliphatic carbocycles. The Morgan fingerprint density at radius 2 is 2.10 bits per heavy atom. The van der Waals surface area contributed by atoms with Crippen LogP contribution in [0.2, 0.25) is 5.02 Å². The number of aliphatic hydroxyl groups excluding tert-OH is 1. The number of aromatic nitrogens is 3. The van der Waals surface area contributed by atoms with Gasteiger partial charge in [0.2, 0.25) is 5.82 Å². The van der Waals surface area contributed by atoms with E-state index in [1.165, 1.54) is 47.3 Å². The summed E-state index contributed by atoms with van der Waals surface area (Å²) < 4.78 is 37.5. The number of benzene rings is 1. The molecule has 2 atom stereocenters. The van der Waals surface area contributed by atoms with Gasteiger partial charge in [-0.25, -0.2) is 22.8 Å². The van der Waals surface area contributed by atoms with E-state index in [1.54, 1.807) is 6.92 Å². The Hall–Kier alpha value is -3.02. The van der Waals surface area contributed by atoms with Crippen LogP contribution in [-0.4, -0.2) is 46.1 Å². The van der Waals surface area contributed by atoms with Crippen LogP contribution >= 0.6 is 11.6 Å². The van der Waals surface area contributed by atoms with E-state index in [2.05, 4.69) is 20.6 Å². The molecule has 0 bridgehead atoms. The van der Waals surface area contributed by atoms with Crippen LogP contribution in [0.4, 0.5) is 10.1 Å².